The van der Waals surface area contributed by atoms with Crippen molar-refractivity contribution in [1.82, 2.24) is 5.32 Å². The molecule has 0 amide bonds. The van der Waals surface area contributed by atoms with Gasteiger partial charge in [-0.1, -0.05) is 12.1 Å². The summed E-state index contributed by atoms with van der Waals surface area (Å²) >= 11 is 0. The van der Waals surface area contributed by atoms with E-state index in [0.29, 0.717) is 22.3 Å². The molecule has 4 nitrogen and oxygen atoms in total. The summed E-state index contributed by atoms with van der Waals surface area (Å²) in [5.74, 6) is 0.0197. The number of benzene rings is 2. The average Bonchev–Trinajstić information content (AvgIpc) is 2.62. The molecule has 1 fully saturated rings. The highest BCUT2D eigenvalue weighted by Crippen LogP contribution is 2.25. The van der Waals surface area contributed by atoms with Crippen LogP contribution in [0, 0.1) is 5.82 Å². The third-order valence-electron chi connectivity index (χ3n) is 4.30. The molecule has 2 heterocycles. The number of nitrogens with one attached hydrogen (secondary N) is 1. The molecule has 1 aromatic heterocycles. The normalized spacial score (nSPS) is 15.0. The molecule has 3 aromatic rings. The minimum absolute atomic E-state index is 0.118. The quantitative estimate of drug-likeness (QED) is 0.787. The van der Waals surface area contributed by atoms with E-state index in [2.05, 4.69) is 10.2 Å². The topological polar surface area (TPSA) is 45.5 Å². The first-order valence-electron chi connectivity index (χ1n) is 8.00. The Labute approximate surface area is 138 Å². The molecular formula is C19H17FN2O2. The van der Waals surface area contributed by atoms with E-state index in [9.17, 15) is 9.18 Å². The van der Waals surface area contributed by atoms with Crippen molar-refractivity contribution in [2.75, 3.05) is 31.1 Å². The van der Waals surface area contributed by atoms with Gasteiger partial charge in [-0.15, -0.1) is 0 Å². The third-order valence-corrected chi connectivity index (χ3v) is 4.30. The van der Waals surface area contributed by atoms with Crippen LogP contribution in [0.25, 0.3) is 22.3 Å². The van der Waals surface area contributed by atoms with E-state index >= 15 is 0 Å². The lowest BCUT2D eigenvalue weighted by Gasteiger charge is -2.29. The van der Waals surface area contributed by atoms with E-state index in [-0.39, 0.29) is 11.2 Å². The van der Waals surface area contributed by atoms with Crippen molar-refractivity contribution in [3.05, 3.63) is 64.6 Å². The molecule has 1 saturated heterocycles. The van der Waals surface area contributed by atoms with Gasteiger partial charge in [0.15, 0.2) is 5.43 Å². The number of halogens is 1. The molecule has 0 spiro atoms. The minimum atomic E-state index is -0.357. The predicted octanol–water partition coefficient (Wildman–Crippen LogP) is 3.01. The smallest absolute Gasteiger partial charge is 0.193 e. The SMILES string of the molecule is O=c1cc(-c2cccc(F)c2)oc2ccc(N3CCNCC3)cc12. The molecule has 4 rings (SSSR count). The standard InChI is InChI=1S/C19H17FN2O2/c20-14-3-1-2-13(10-14)19-12-17(23)16-11-15(4-5-18(16)24-19)22-8-6-21-7-9-22/h1-5,10-12,21H,6-9H2. The number of anilines is 1. The molecule has 0 atom stereocenters. The second kappa shape index (κ2) is 6.09. The van der Waals surface area contributed by atoms with E-state index in [1.807, 2.05) is 18.2 Å². The molecule has 0 saturated carbocycles. The van der Waals surface area contributed by atoms with Crippen molar-refractivity contribution >= 4 is 16.7 Å². The van der Waals surface area contributed by atoms with Crippen LogP contribution in [0.15, 0.2) is 57.7 Å². The van der Waals surface area contributed by atoms with Gasteiger partial charge in [0.05, 0.1) is 5.39 Å². The summed E-state index contributed by atoms with van der Waals surface area (Å²) in [4.78, 5) is 14.8. The van der Waals surface area contributed by atoms with Crippen LogP contribution in [-0.4, -0.2) is 26.2 Å². The Balaban J connectivity index is 1.78. The number of hydrogen-bond donors (Lipinski definition) is 1. The highest BCUT2D eigenvalue weighted by Gasteiger charge is 2.13. The Hall–Kier alpha value is -2.66. The summed E-state index contributed by atoms with van der Waals surface area (Å²) in [5, 5.41) is 3.86. The molecule has 0 radical (unpaired) electrons. The number of rotatable bonds is 2. The second-order valence-corrected chi connectivity index (χ2v) is 5.90. The molecule has 1 N–H and O–H groups in total. The van der Waals surface area contributed by atoms with Crippen molar-refractivity contribution in [1.29, 1.82) is 0 Å². The molecule has 2 aromatic carbocycles. The zero-order valence-electron chi connectivity index (χ0n) is 13.1. The number of fused-ring (bicyclic) bond motifs is 1. The van der Waals surface area contributed by atoms with E-state index in [1.165, 1.54) is 18.2 Å². The van der Waals surface area contributed by atoms with Gasteiger partial charge in [-0.05, 0) is 30.3 Å². The van der Waals surface area contributed by atoms with Crippen LogP contribution in [0.2, 0.25) is 0 Å². The van der Waals surface area contributed by atoms with E-state index < -0.39 is 0 Å². The lowest BCUT2D eigenvalue weighted by molar-refractivity contribution is 0.589. The van der Waals surface area contributed by atoms with Crippen LogP contribution in [0.1, 0.15) is 0 Å². The van der Waals surface area contributed by atoms with Crippen LogP contribution in [0.3, 0.4) is 0 Å². The fourth-order valence-corrected chi connectivity index (χ4v) is 3.05. The molecule has 122 valence electrons. The van der Waals surface area contributed by atoms with Gasteiger partial charge in [0.1, 0.15) is 17.2 Å². The van der Waals surface area contributed by atoms with E-state index in [0.717, 1.165) is 31.9 Å². The minimum Gasteiger partial charge on any atom is -0.456 e. The largest absolute Gasteiger partial charge is 0.456 e. The fourth-order valence-electron chi connectivity index (χ4n) is 3.05. The lowest BCUT2D eigenvalue weighted by Crippen LogP contribution is -2.43. The van der Waals surface area contributed by atoms with Crippen LogP contribution in [0.5, 0.6) is 0 Å². The summed E-state index contributed by atoms with van der Waals surface area (Å²) in [6.45, 7) is 3.70. The number of nitrogens with zero attached hydrogens (tertiary/aromatic N) is 1. The maximum atomic E-state index is 13.4. The van der Waals surface area contributed by atoms with Gasteiger partial charge in [-0.25, -0.2) is 4.39 Å². The van der Waals surface area contributed by atoms with Gasteiger partial charge in [0.25, 0.3) is 0 Å². The summed E-state index contributed by atoms with van der Waals surface area (Å²) in [5.41, 5.74) is 1.98. The molecule has 5 heteroatoms. The first kappa shape index (κ1) is 14.9. The van der Waals surface area contributed by atoms with Crippen molar-refractivity contribution in [2.24, 2.45) is 0 Å². The summed E-state index contributed by atoms with van der Waals surface area (Å²) in [6, 6.07) is 13.1. The summed E-state index contributed by atoms with van der Waals surface area (Å²) < 4.78 is 19.2. The van der Waals surface area contributed by atoms with Gasteiger partial charge >= 0.3 is 0 Å². The summed E-state index contributed by atoms with van der Waals surface area (Å²) in [7, 11) is 0. The van der Waals surface area contributed by atoms with Crippen molar-refractivity contribution < 1.29 is 8.81 Å². The highest BCUT2D eigenvalue weighted by atomic mass is 19.1. The molecule has 24 heavy (non-hydrogen) atoms. The van der Waals surface area contributed by atoms with Crippen LogP contribution < -0.4 is 15.6 Å². The second-order valence-electron chi connectivity index (χ2n) is 5.90. The zero-order chi connectivity index (χ0) is 16.5. The van der Waals surface area contributed by atoms with Crippen molar-refractivity contribution in [3.8, 4) is 11.3 Å². The summed E-state index contributed by atoms with van der Waals surface area (Å²) in [6.07, 6.45) is 0. The van der Waals surface area contributed by atoms with Crippen LogP contribution in [0.4, 0.5) is 10.1 Å². The Kier molecular flexibility index (Phi) is 3.78. The van der Waals surface area contributed by atoms with Crippen molar-refractivity contribution in [3.63, 3.8) is 0 Å². The van der Waals surface area contributed by atoms with Gasteiger partial charge < -0.3 is 14.6 Å². The maximum absolute atomic E-state index is 13.4. The Morgan fingerprint density at radius 3 is 2.67 bits per heavy atom. The van der Waals surface area contributed by atoms with E-state index in [1.54, 1.807) is 12.1 Å². The first-order chi connectivity index (χ1) is 11.7. The Morgan fingerprint density at radius 1 is 1.04 bits per heavy atom. The average molecular weight is 324 g/mol. The third kappa shape index (κ3) is 2.78. The molecule has 1 aliphatic rings. The zero-order valence-corrected chi connectivity index (χ0v) is 13.1. The first-order valence-corrected chi connectivity index (χ1v) is 8.00. The highest BCUT2D eigenvalue weighted by molar-refractivity contribution is 5.82. The van der Waals surface area contributed by atoms with Crippen LogP contribution in [-0.2, 0) is 0 Å². The maximum Gasteiger partial charge on any atom is 0.193 e. The van der Waals surface area contributed by atoms with Gasteiger partial charge in [0, 0.05) is 43.5 Å². The fraction of sp³-hybridized carbons (Fsp3) is 0.211. The van der Waals surface area contributed by atoms with Crippen LogP contribution >= 0.6 is 0 Å². The number of piperazine rings is 1. The Bertz CT molecular complexity index is 945. The monoisotopic (exact) mass is 324 g/mol. The number of hydrogen-bond acceptors (Lipinski definition) is 4. The molecule has 1 aliphatic heterocycles. The molecule has 0 aliphatic carbocycles. The molecule has 0 unspecified atom stereocenters. The van der Waals surface area contributed by atoms with Gasteiger partial charge in [-0.2, -0.15) is 0 Å². The molecule has 0 bridgehead atoms. The molecular weight excluding hydrogens is 307 g/mol. The lowest BCUT2D eigenvalue weighted by atomic mass is 10.1. The Morgan fingerprint density at radius 2 is 1.88 bits per heavy atom. The predicted molar refractivity (Wildman–Crippen MR) is 93.0 cm³/mol. The van der Waals surface area contributed by atoms with Crippen molar-refractivity contribution in [2.45, 2.75) is 0 Å². The van der Waals surface area contributed by atoms with E-state index in [4.69, 9.17) is 4.42 Å². The van der Waals surface area contributed by atoms with Gasteiger partial charge in [0.2, 0.25) is 0 Å². The van der Waals surface area contributed by atoms with Gasteiger partial charge in [-0.3, -0.25) is 4.79 Å².